The molecule has 1 saturated heterocycles. The summed E-state index contributed by atoms with van der Waals surface area (Å²) in [6, 6.07) is 3.94. The highest BCUT2D eigenvalue weighted by atomic mass is 35.5. The van der Waals surface area contributed by atoms with Gasteiger partial charge >= 0.3 is 0 Å². The van der Waals surface area contributed by atoms with E-state index in [1.165, 1.54) is 0 Å². The van der Waals surface area contributed by atoms with Gasteiger partial charge in [0.05, 0.1) is 12.7 Å². The van der Waals surface area contributed by atoms with Crippen molar-refractivity contribution in [3.63, 3.8) is 0 Å². The van der Waals surface area contributed by atoms with Gasteiger partial charge in [0.15, 0.2) is 0 Å². The Morgan fingerprint density at radius 2 is 2.53 bits per heavy atom. The van der Waals surface area contributed by atoms with Crippen molar-refractivity contribution in [3.8, 4) is 0 Å². The maximum Gasteiger partial charge on any atom is 0.133 e. The number of aromatic nitrogens is 1. The van der Waals surface area contributed by atoms with Crippen LogP contribution < -0.4 is 0 Å². The van der Waals surface area contributed by atoms with Gasteiger partial charge < -0.3 is 4.74 Å². The Morgan fingerprint density at radius 1 is 1.67 bits per heavy atom. The van der Waals surface area contributed by atoms with Crippen molar-refractivity contribution in [1.82, 2.24) is 9.88 Å². The van der Waals surface area contributed by atoms with E-state index in [2.05, 4.69) is 16.8 Å². The van der Waals surface area contributed by atoms with E-state index in [1.54, 1.807) is 6.20 Å². The van der Waals surface area contributed by atoms with E-state index in [0.717, 1.165) is 31.8 Å². The van der Waals surface area contributed by atoms with Crippen LogP contribution in [-0.4, -0.2) is 35.7 Å². The number of ether oxygens (including phenoxy) is 1. The zero-order chi connectivity index (χ0) is 10.7. The fourth-order valence-electron chi connectivity index (χ4n) is 1.81. The van der Waals surface area contributed by atoms with Gasteiger partial charge in [0, 0.05) is 31.4 Å². The highest BCUT2D eigenvalue weighted by Crippen LogP contribution is 2.15. The van der Waals surface area contributed by atoms with Gasteiger partial charge in [-0.25, -0.2) is 4.98 Å². The van der Waals surface area contributed by atoms with E-state index < -0.39 is 0 Å². The highest BCUT2D eigenvalue weighted by molar-refractivity contribution is 6.30. The Hall–Kier alpha value is -0.640. The summed E-state index contributed by atoms with van der Waals surface area (Å²) in [5.74, 6) is 0. The molecule has 0 bridgehead atoms. The molecule has 0 aliphatic carbocycles. The molecule has 2 rings (SSSR count). The van der Waals surface area contributed by atoms with Gasteiger partial charge in [-0.15, -0.1) is 0 Å². The standard InChI is InChI=1S/C11H15ClN2O/c1-9-7-14(5-6-15-9)8-10-3-2-4-13-11(10)12/h2-4,9H,5-8H2,1H3. The van der Waals surface area contributed by atoms with Gasteiger partial charge in [0.1, 0.15) is 5.15 Å². The smallest absolute Gasteiger partial charge is 0.133 e. The second-order valence-electron chi connectivity index (χ2n) is 3.87. The minimum atomic E-state index is 0.314. The van der Waals surface area contributed by atoms with Crippen molar-refractivity contribution < 1.29 is 4.74 Å². The van der Waals surface area contributed by atoms with E-state index in [-0.39, 0.29) is 0 Å². The first kappa shape index (κ1) is 10.9. The summed E-state index contributed by atoms with van der Waals surface area (Å²) in [5, 5.41) is 0.608. The molecule has 0 N–H and O–H groups in total. The average Bonchev–Trinajstić information content (AvgIpc) is 2.22. The molecule has 3 nitrogen and oxygen atoms in total. The van der Waals surface area contributed by atoms with E-state index in [1.807, 2.05) is 12.1 Å². The number of rotatable bonds is 2. The second kappa shape index (κ2) is 4.92. The Morgan fingerprint density at radius 3 is 3.27 bits per heavy atom. The normalized spacial score (nSPS) is 22.9. The molecule has 0 aromatic carbocycles. The van der Waals surface area contributed by atoms with Crippen LogP contribution in [0.15, 0.2) is 18.3 Å². The third-order valence-electron chi connectivity index (χ3n) is 2.56. The van der Waals surface area contributed by atoms with Crippen LogP contribution >= 0.6 is 11.6 Å². The van der Waals surface area contributed by atoms with Crippen LogP contribution in [0, 0.1) is 0 Å². The predicted octanol–water partition coefficient (Wildman–Crippen LogP) is 1.96. The first-order valence-corrected chi connectivity index (χ1v) is 5.57. The quantitative estimate of drug-likeness (QED) is 0.721. The zero-order valence-electron chi connectivity index (χ0n) is 8.82. The van der Waals surface area contributed by atoms with Gasteiger partial charge in [-0.1, -0.05) is 17.7 Å². The molecular formula is C11H15ClN2O. The Bertz CT molecular complexity index is 332. The molecule has 1 fully saturated rings. The van der Waals surface area contributed by atoms with Crippen molar-refractivity contribution in [2.45, 2.75) is 19.6 Å². The molecule has 15 heavy (non-hydrogen) atoms. The lowest BCUT2D eigenvalue weighted by atomic mass is 10.2. The molecule has 2 heterocycles. The van der Waals surface area contributed by atoms with E-state index >= 15 is 0 Å². The number of halogens is 1. The lowest BCUT2D eigenvalue weighted by molar-refractivity contribution is -0.0212. The van der Waals surface area contributed by atoms with Gasteiger partial charge in [-0.2, -0.15) is 0 Å². The summed E-state index contributed by atoms with van der Waals surface area (Å²) < 4.78 is 5.49. The molecule has 0 amide bonds. The highest BCUT2D eigenvalue weighted by Gasteiger charge is 2.17. The average molecular weight is 227 g/mol. The zero-order valence-corrected chi connectivity index (χ0v) is 9.57. The fraction of sp³-hybridized carbons (Fsp3) is 0.545. The van der Waals surface area contributed by atoms with Crippen LogP contribution in [0.4, 0.5) is 0 Å². The summed E-state index contributed by atoms with van der Waals surface area (Å²) in [5.41, 5.74) is 1.09. The predicted molar refractivity (Wildman–Crippen MR) is 59.9 cm³/mol. The van der Waals surface area contributed by atoms with Gasteiger partial charge in [0.25, 0.3) is 0 Å². The van der Waals surface area contributed by atoms with Crippen LogP contribution in [0.25, 0.3) is 0 Å². The molecule has 1 aliphatic heterocycles. The molecule has 1 aromatic heterocycles. The third-order valence-corrected chi connectivity index (χ3v) is 2.90. The van der Waals surface area contributed by atoms with Crippen molar-refractivity contribution >= 4 is 11.6 Å². The monoisotopic (exact) mass is 226 g/mol. The van der Waals surface area contributed by atoms with E-state index in [0.29, 0.717) is 11.3 Å². The van der Waals surface area contributed by atoms with Crippen LogP contribution in [0.1, 0.15) is 12.5 Å². The number of hydrogen-bond donors (Lipinski definition) is 0. The van der Waals surface area contributed by atoms with Gasteiger partial charge in [0.2, 0.25) is 0 Å². The molecule has 1 aliphatic rings. The van der Waals surface area contributed by atoms with Gasteiger partial charge in [-0.05, 0) is 13.0 Å². The number of nitrogens with zero attached hydrogens (tertiary/aromatic N) is 2. The van der Waals surface area contributed by atoms with E-state index in [9.17, 15) is 0 Å². The molecule has 82 valence electrons. The van der Waals surface area contributed by atoms with Crippen LogP contribution in [0.2, 0.25) is 5.15 Å². The van der Waals surface area contributed by atoms with E-state index in [4.69, 9.17) is 16.3 Å². The maximum atomic E-state index is 6.01. The Labute approximate surface area is 95.0 Å². The van der Waals surface area contributed by atoms with Crippen molar-refractivity contribution in [1.29, 1.82) is 0 Å². The second-order valence-corrected chi connectivity index (χ2v) is 4.23. The lowest BCUT2D eigenvalue weighted by Gasteiger charge is -2.31. The van der Waals surface area contributed by atoms with Crippen molar-refractivity contribution in [3.05, 3.63) is 29.0 Å². The maximum absolute atomic E-state index is 6.01. The number of morpholine rings is 1. The molecule has 0 spiro atoms. The SMILES string of the molecule is CC1CN(Cc2cccnc2Cl)CCO1. The minimum absolute atomic E-state index is 0.314. The van der Waals surface area contributed by atoms with Crippen LogP contribution in [-0.2, 0) is 11.3 Å². The molecule has 1 aromatic rings. The first-order valence-electron chi connectivity index (χ1n) is 5.19. The fourth-order valence-corrected chi connectivity index (χ4v) is 1.99. The lowest BCUT2D eigenvalue weighted by Crippen LogP contribution is -2.40. The third kappa shape index (κ3) is 2.91. The summed E-state index contributed by atoms with van der Waals surface area (Å²) in [6.45, 7) is 5.69. The van der Waals surface area contributed by atoms with Crippen LogP contribution in [0.5, 0.6) is 0 Å². The molecule has 0 saturated carbocycles. The first-order chi connectivity index (χ1) is 7.25. The van der Waals surface area contributed by atoms with Crippen molar-refractivity contribution in [2.75, 3.05) is 19.7 Å². The summed E-state index contributed by atoms with van der Waals surface area (Å²) in [7, 11) is 0. The van der Waals surface area contributed by atoms with Gasteiger partial charge in [-0.3, -0.25) is 4.90 Å². The molecule has 1 atom stereocenters. The Balaban J connectivity index is 1.99. The largest absolute Gasteiger partial charge is 0.376 e. The molecule has 1 unspecified atom stereocenters. The number of pyridine rings is 1. The molecule has 0 radical (unpaired) electrons. The van der Waals surface area contributed by atoms with Crippen LogP contribution in [0.3, 0.4) is 0 Å². The molecular weight excluding hydrogens is 212 g/mol. The summed E-state index contributed by atoms with van der Waals surface area (Å²) in [4.78, 5) is 6.42. The topological polar surface area (TPSA) is 25.4 Å². The Kier molecular flexibility index (Phi) is 3.57. The summed E-state index contributed by atoms with van der Waals surface area (Å²) in [6.07, 6.45) is 2.03. The summed E-state index contributed by atoms with van der Waals surface area (Å²) >= 11 is 6.01. The minimum Gasteiger partial charge on any atom is -0.376 e. The number of hydrogen-bond acceptors (Lipinski definition) is 3. The van der Waals surface area contributed by atoms with Crippen molar-refractivity contribution in [2.24, 2.45) is 0 Å². The molecule has 4 heteroatoms.